The molecule has 1 aliphatic heterocycles. The number of halogens is 1. The van der Waals surface area contributed by atoms with Gasteiger partial charge in [0, 0.05) is 29.8 Å². The van der Waals surface area contributed by atoms with Crippen LogP contribution in [0.25, 0.3) is 0 Å². The first-order valence-corrected chi connectivity index (χ1v) is 10.2. The van der Waals surface area contributed by atoms with Gasteiger partial charge >= 0.3 is 0 Å². The summed E-state index contributed by atoms with van der Waals surface area (Å²) in [6, 6.07) is 2.05. The van der Waals surface area contributed by atoms with Gasteiger partial charge in [0.05, 0.1) is 5.69 Å². The Balaban J connectivity index is 0.00000312. The summed E-state index contributed by atoms with van der Waals surface area (Å²) in [5, 5.41) is 11.0. The minimum atomic E-state index is 0. The predicted molar refractivity (Wildman–Crippen MR) is 118 cm³/mol. The molecule has 0 amide bonds. The lowest BCUT2D eigenvalue weighted by molar-refractivity contribution is 0.372. The average molecular weight is 480 g/mol. The summed E-state index contributed by atoms with van der Waals surface area (Å²) >= 11 is 2.06. The second-order valence-corrected chi connectivity index (χ2v) is 8.36. The smallest absolute Gasteiger partial charge is 0.191 e. The highest BCUT2D eigenvalue weighted by Crippen LogP contribution is 2.36. The summed E-state index contributed by atoms with van der Waals surface area (Å²) < 4.78 is 5.78. The van der Waals surface area contributed by atoms with Crippen LogP contribution in [0.4, 0.5) is 0 Å². The number of thioether (sulfide) groups is 1. The topological polar surface area (TPSA) is 62.5 Å². The molecule has 0 bridgehead atoms. The van der Waals surface area contributed by atoms with Crippen molar-refractivity contribution >= 4 is 41.7 Å². The van der Waals surface area contributed by atoms with Gasteiger partial charge in [0.25, 0.3) is 0 Å². The number of nitrogens with zero attached hydrogens (tertiary/aromatic N) is 2. The van der Waals surface area contributed by atoms with Crippen molar-refractivity contribution in [3.8, 4) is 0 Å². The van der Waals surface area contributed by atoms with E-state index >= 15 is 0 Å². The molecule has 25 heavy (non-hydrogen) atoms. The van der Waals surface area contributed by atoms with Gasteiger partial charge in [0.15, 0.2) is 11.7 Å². The fourth-order valence-electron chi connectivity index (χ4n) is 3.05. The van der Waals surface area contributed by atoms with Crippen LogP contribution >= 0.6 is 35.7 Å². The molecular weight excluding hydrogens is 447 g/mol. The Bertz CT molecular complexity index is 525. The van der Waals surface area contributed by atoms with E-state index in [1.165, 1.54) is 18.6 Å². The molecular formula is C18H33IN4OS. The molecule has 0 radical (unpaired) electrons. The molecule has 1 atom stereocenters. The number of guanidine groups is 1. The molecule has 0 aliphatic carbocycles. The number of rotatable bonds is 8. The number of nitrogens with one attached hydrogen (secondary N) is 2. The van der Waals surface area contributed by atoms with Crippen LogP contribution in [-0.2, 0) is 6.54 Å². The van der Waals surface area contributed by atoms with Crippen LogP contribution in [0, 0.1) is 0 Å². The van der Waals surface area contributed by atoms with Crippen molar-refractivity contribution in [3.05, 3.63) is 17.5 Å². The molecule has 7 heteroatoms. The van der Waals surface area contributed by atoms with Gasteiger partial charge in [-0.2, -0.15) is 11.8 Å². The third-order valence-electron chi connectivity index (χ3n) is 4.65. The number of aliphatic imine (C=N–C) groups is 1. The Kier molecular flexibility index (Phi) is 10.2. The summed E-state index contributed by atoms with van der Waals surface area (Å²) in [7, 11) is 0. The first kappa shape index (κ1) is 22.6. The van der Waals surface area contributed by atoms with Crippen LogP contribution < -0.4 is 10.6 Å². The molecule has 0 aromatic carbocycles. The van der Waals surface area contributed by atoms with Crippen molar-refractivity contribution in [2.24, 2.45) is 4.99 Å². The van der Waals surface area contributed by atoms with E-state index in [1.807, 2.05) is 0 Å². The van der Waals surface area contributed by atoms with Gasteiger partial charge in [0.2, 0.25) is 0 Å². The van der Waals surface area contributed by atoms with Gasteiger partial charge in [-0.25, -0.2) is 4.99 Å². The Labute approximate surface area is 173 Å². The first-order chi connectivity index (χ1) is 11.6. The number of hydrogen-bond donors (Lipinski definition) is 2. The van der Waals surface area contributed by atoms with Gasteiger partial charge in [-0.15, -0.1) is 24.0 Å². The third kappa shape index (κ3) is 7.00. The van der Waals surface area contributed by atoms with E-state index in [4.69, 9.17) is 4.52 Å². The summed E-state index contributed by atoms with van der Waals surface area (Å²) in [6.07, 6.45) is 4.76. The molecule has 2 heterocycles. The third-order valence-corrected chi connectivity index (χ3v) is 6.19. The first-order valence-electron chi connectivity index (χ1n) is 9.21. The van der Waals surface area contributed by atoms with Crippen molar-refractivity contribution in [2.45, 2.75) is 70.6 Å². The highest BCUT2D eigenvalue weighted by atomic mass is 127. The minimum absolute atomic E-state index is 0. The maximum absolute atomic E-state index is 5.46. The standard InChI is InChI=1S/C18H32N4OS.HI/c1-5-14(6-2)16-11-15(23-22-16)12-20-17(19-7-3)21-13-18(4)9-8-10-24-18;/h11,14H,5-10,12-13H2,1-4H3,(H2,19,20,21);1H. The monoisotopic (exact) mass is 480 g/mol. The Morgan fingerprint density at radius 1 is 1.36 bits per heavy atom. The average Bonchev–Trinajstić information content (AvgIpc) is 3.21. The lowest BCUT2D eigenvalue weighted by Gasteiger charge is -2.24. The zero-order chi connectivity index (χ0) is 17.4. The summed E-state index contributed by atoms with van der Waals surface area (Å²) in [4.78, 5) is 4.65. The zero-order valence-corrected chi connectivity index (χ0v) is 19.1. The molecule has 1 unspecified atom stereocenters. The van der Waals surface area contributed by atoms with Crippen molar-refractivity contribution in [2.75, 3.05) is 18.8 Å². The zero-order valence-electron chi connectivity index (χ0n) is 15.9. The van der Waals surface area contributed by atoms with Crippen LogP contribution in [0.1, 0.15) is 70.8 Å². The summed E-state index contributed by atoms with van der Waals surface area (Å²) in [6.45, 7) is 11.1. The minimum Gasteiger partial charge on any atom is -0.359 e. The molecule has 1 aromatic heterocycles. The van der Waals surface area contributed by atoms with E-state index in [9.17, 15) is 0 Å². The van der Waals surface area contributed by atoms with E-state index in [-0.39, 0.29) is 24.0 Å². The number of aromatic nitrogens is 1. The fourth-order valence-corrected chi connectivity index (χ4v) is 4.29. The Hall–Kier alpha value is -0.440. The normalized spacial score (nSPS) is 20.6. The van der Waals surface area contributed by atoms with Crippen molar-refractivity contribution in [1.29, 1.82) is 0 Å². The van der Waals surface area contributed by atoms with Crippen molar-refractivity contribution in [3.63, 3.8) is 0 Å². The van der Waals surface area contributed by atoms with E-state index in [1.54, 1.807) is 0 Å². The van der Waals surface area contributed by atoms with Gasteiger partial charge in [-0.3, -0.25) is 0 Å². The SMILES string of the molecule is CCNC(=NCc1cc(C(CC)CC)no1)NCC1(C)CCCS1.I. The largest absolute Gasteiger partial charge is 0.359 e. The molecule has 2 N–H and O–H groups in total. The fraction of sp³-hybridized carbons (Fsp3) is 0.778. The molecule has 0 spiro atoms. The molecule has 1 fully saturated rings. The van der Waals surface area contributed by atoms with Crippen LogP contribution in [-0.4, -0.2) is 34.7 Å². The molecule has 1 aliphatic rings. The van der Waals surface area contributed by atoms with Crippen LogP contribution in [0.3, 0.4) is 0 Å². The van der Waals surface area contributed by atoms with Crippen LogP contribution in [0.2, 0.25) is 0 Å². The van der Waals surface area contributed by atoms with E-state index in [2.05, 4.69) is 66.3 Å². The molecule has 5 nitrogen and oxygen atoms in total. The van der Waals surface area contributed by atoms with Gasteiger partial charge in [0.1, 0.15) is 6.54 Å². The quantitative estimate of drug-likeness (QED) is 0.325. The second kappa shape index (κ2) is 11.3. The summed E-state index contributed by atoms with van der Waals surface area (Å²) in [5.74, 6) is 3.43. The van der Waals surface area contributed by atoms with Gasteiger partial charge in [-0.1, -0.05) is 19.0 Å². The highest BCUT2D eigenvalue weighted by Gasteiger charge is 2.29. The van der Waals surface area contributed by atoms with Gasteiger partial charge in [-0.05, 0) is 45.3 Å². The molecule has 2 rings (SSSR count). The molecule has 0 saturated carbocycles. The van der Waals surface area contributed by atoms with Gasteiger partial charge < -0.3 is 15.2 Å². The van der Waals surface area contributed by atoms with E-state index in [0.717, 1.165) is 43.3 Å². The van der Waals surface area contributed by atoms with Crippen LogP contribution in [0.5, 0.6) is 0 Å². The van der Waals surface area contributed by atoms with Crippen molar-refractivity contribution in [1.82, 2.24) is 15.8 Å². The van der Waals surface area contributed by atoms with Crippen molar-refractivity contribution < 1.29 is 4.52 Å². The second-order valence-electron chi connectivity index (χ2n) is 6.68. The number of hydrogen-bond acceptors (Lipinski definition) is 4. The lowest BCUT2D eigenvalue weighted by atomic mass is 9.99. The lowest BCUT2D eigenvalue weighted by Crippen LogP contribution is -2.43. The maximum Gasteiger partial charge on any atom is 0.191 e. The Morgan fingerprint density at radius 2 is 2.12 bits per heavy atom. The molecule has 1 aromatic rings. The molecule has 144 valence electrons. The predicted octanol–water partition coefficient (Wildman–Crippen LogP) is 4.54. The van der Waals surface area contributed by atoms with E-state index in [0.29, 0.717) is 17.2 Å². The van der Waals surface area contributed by atoms with Crippen LogP contribution in [0.15, 0.2) is 15.6 Å². The molecule has 1 saturated heterocycles. The maximum atomic E-state index is 5.46. The van der Waals surface area contributed by atoms with E-state index < -0.39 is 0 Å². The summed E-state index contributed by atoms with van der Waals surface area (Å²) in [5.41, 5.74) is 1.05. The Morgan fingerprint density at radius 3 is 2.72 bits per heavy atom. The highest BCUT2D eigenvalue weighted by molar-refractivity contribution is 14.0.